The van der Waals surface area contributed by atoms with Crippen LogP contribution in [0.25, 0.3) is 0 Å². The van der Waals surface area contributed by atoms with Crippen molar-refractivity contribution in [2.75, 3.05) is 5.43 Å². The highest BCUT2D eigenvalue weighted by Crippen LogP contribution is 2.25. The van der Waals surface area contributed by atoms with E-state index in [1.54, 1.807) is 43.3 Å². The first-order chi connectivity index (χ1) is 9.10. The molecule has 0 amide bonds. The van der Waals surface area contributed by atoms with E-state index in [1.807, 2.05) is 0 Å². The van der Waals surface area contributed by atoms with E-state index < -0.39 is 5.97 Å². The third-order valence-corrected chi connectivity index (χ3v) is 2.70. The number of carboxylic acids is 1. The van der Waals surface area contributed by atoms with Crippen LogP contribution in [0.1, 0.15) is 15.9 Å². The number of ether oxygens (including phenoxy) is 1. The Labute approximate surface area is 110 Å². The van der Waals surface area contributed by atoms with Crippen molar-refractivity contribution in [3.63, 3.8) is 0 Å². The zero-order chi connectivity index (χ0) is 13.8. The molecule has 0 heterocycles. The van der Waals surface area contributed by atoms with Gasteiger partial charge in [-0.1, -0.05) is 6.07 Å². The second-order valence-electron chi connectivity index (χ2n) is 4.05. The molecule has 0 saturated carbocycles. The van der Waals surface area contributed by atoms with Gasteiger partial charge in [-0.3, -0.25) is 5.84 Å². The first-order valence-electron chi connectivity index (χ1n) is 5.68. The summed E-state index contributed by atoms with van der Waals surface area (Å²) in [7, 11) is 0. The number of nitrogens with one attached hydrogen (secondary N) is 1. The van der Waals surface area contributed by atoms with Crippen molar-refractivity contribution in [3.8, 4) is 11.5 Å². The molecule has 0 aliphatic heterocycles. The minimum absolute atomic E-state index is 0.234. The number of hydrazine groups is 1. The highest BCUT2D eigenvalue weighted by atomic mass is 16.5. The molecule has 19 heavy (non-hydrogen) atoms. The number of rotatable bonds is 4. The maximum absolute atomic E-state index is 11.0. The Morgan fingerprint density at radius 1 is 1.16 bits per heavy atom. The van der Waals surface area contributed by atoms with Crippen molar-refractivity contribution in [1.29, 1.82) is 0 Å². The number of benzene rings is 2. The van der Waals surface area contributed by atoms with E-state index in [2.05, 4.69) is 5.43 Å². The molecule has 0 radical (unpaired) electrons. The Morgan fingerprint density at radius 2 is 1.79 bits per heavy atom. The van der Waals surface area contributed by atoms with Crippen molar-refractivity contribution in [2.45, 2.75) is 6.92 Å². The van der Waals surface area contributed by atoms with E-state index in [-0.39, 0.29) is 5.56 Å². The van der Waals surface area contributed by atoms with Crippen LogP contribution in [0.2, 0.25) is 0 Å². The van der Waals surface area contributed by atoms with Gasteiger partial charge >= 0.3 is 5.97 Å². The van der Waals surface area contributed by atoms with Crippen molar-refractivity contribution in [1.82, 2.24) is 0 Å². The van der Waals surface area contributed by atoms with Crippen LogP contribution >= 0.6 is 0 Å². The molecule has 0 bridgehead atoms. The summed E-state index contributed by atoms with van der Waals surface area (Å²) in [5, 5.41) is 9.05. The van der Waals surface area contributed by atoms with Gasteiger partial charge in [0.1, 0.15) is 11.5 Å². The predicted molar refractivity (Wildman–Crippen MR) is 72.5 cm³/mol. The van der Waals surface area contributed by atoms with Gasteiger partial charge in [0.05, 0.1) is 5.56 Å². The second-order valence-corrected chi connectivity index (χ2v) is 4.05. The van der Waals surface area contributed by atoms with E-state index >= 15 is 0 Å². The summed E-state index contributed by atoms with van der Waals surface area (Å²) in [4.78, 5) is 11.0. The number of anilines is 1. The molecule has 0 saturated heterocycles. The molecule has 2 rings (SSSR count). The first-order valence-corrected chi connectivity index (χ1v) is 5.68. The van der Waals surface area contributed by atoms with Gasteiger partial charge in [-0.15, -0.1) is 0 Å². The molecule has 0 aromatic heterocycles. The molecular formula is C14H14N2O3. The van der Waals surface area contributed by atoms with E-state index in [0.717, 1.165) is 5.69 Å². The number of hydrogen-bond donors (Lipinski definition) is 3. The lowest BCUT2D eigenvalue weighted by Gasteiger charge is -2.08. The highest BCUT2D eigenvalue weighted by molar-refractivity contribution is 5.89. The van der Waals surface area contributed by atoms with Crippen LogP contribution in [-0.2, 0) is 0 Å². The summed E-state index contributed by atoms with van der Waals surface area (Å²) < 4.78 is 5.59. The van der Waals surface area contributed by atoms with Gasteiger partial charge in [0, 0.05) is 5.69 Å². The fraction of sp³-hybridized carbons (Fsp3) is 0.0714. The number of aromatic carboxylic acids is 1. The molecule has 0 unspecified atom stereocenters. The number of carboxylic acid groups (broad SMARTS) is 1. The molecule has 5 nitrogen and oxygen atoms in total. The second kappa shape index (κ2) is 5.41. The van der Waals surface area contributed by atoms with Gasteiger partial charge in [-0.2, -0.15) is 0 Å². The van der Waals surface area contributed by atoms with Gasteiger partial charge in [-0.05, 0) is 48.9 Å². The summed E-state index contributed by atoms with van der Waals surface area (Å²) in [6.07, 6.45) is 0. The van der Waals surface area contributed by atoms with Crippen molar-refractivity contribution in [3.05, 3.63) is 53.6 Å². The third-order valence-electron chi connectivity index (χ3n) is 2.70. The quantitative estimate of drug-likeness (QED) is 0.580. The van der Waals surface area contributed by atoms with Gasteiger partial charge in [0.15, 0.2) is 0 Å². The average Bonchev–Trinajstić information content (AvgIpc) is 2.41. The summed E-state index contributed by atoms with van der Waals surface area (Å²) in [5.74, 6) is 5.39. The minimum Gasteiger partial charge on any atom is -0.478 e. The monoisotopic (exact) mass is 258 g/mol. The molecule has 0 atom stereocenters. The largest absolute Gasteiger partial charge is 0.478 e. The van der Waals surface area contributed by atoms with Crippen LogP contribution in [0, 0.1) is 6.92 Å². The smallest absolute Gasteiger partial charge is 0.336 e. The predicted octanol–water partition coefficient (Wildman–Crippen LogP) is 2.77. The van der Waals surface area contributed by atoms with E-state index in [4.69, 9.17) is 15.7 Å². The van der Waals surface area contributed by atoms with Gasteiger partial charge in [0.2, 0.25) is 0 Å². The zero-order valence-electron chi connectivity index (χ0n) is 10.4. The van der Waals surface area contributed by atoms with Crippen LogP contribution < -0.4 is 16.0 Å². The topological polar surface area (TPSA) is 84.6 Å². The average molecular weight is 258 g/mol. The molecule has 0 aliphatic rings. The van der Waals surface area contributed by atoms with Crippen LogP contribution in [0.4, 0.5) is 5.69 Å². The third kappa shape index (κ3) is 3.02. The normalized spacial score (nSPS) is 10.0. The van der Waals surface area contributed by atoms with E-state index in [1.165, 1.54) is 6.07 Å². The van der Waals surface area contributed by atoms with Gasteiger partial charge in [-0.25, -0.2) is 4.79 Å². The number of nitrogens with two attached hydrogens (primary N) is 1. The van der Waals surface area contributed by atoms with Crippen LogP contribution in [0.5, 0.6) is 11.5 Å². The number of hydrogen-bond acceptors (Lipinski definition) is 4. The zero-order valence-corrected chi connectivity index (χ0v) is 10.4. The van der Waals surface area contributed by atoms with E-state index in [0.29, 0.717) is 17.1 Å². The van der Waals surface area contributed by atoms with Crippen LogP contribution in [0.15, 0.2) is 42.5 Å². The Morgan fingerprint density at radius 3 is 2.37 bits per heavy atom. The Hall–Kier alpha value is -2.53. The Balaban J connectivity index is 2.22. The molecule has 0 aliphatic carbocycles. The fourth-order valence-electron chi connectivity index (χ4n) is 1.65. The highest BCUT2D eigenvalue weighted by Gasteiger charge is 2.08. The number of aryl methyl sites for hydroxylation is 1. The molecule has 0 fully saturated rings. The summed E-state index contributed by atoms with van der Waals surface area (Å²) in [6, 6.07) is 12.0. The SMILES string of the molecule is Cc1ccc(Oc2ccc(NN)cc2)cc1C(=O)O. The molecule has 5 heteroatoms. The number of nitrogen functional groups attached to an aromatic ring is 1. The number of carbonyl (C=O) groups is 1. The Bertz CT molecular complexity index is 594. The summed E-state index contributed by atoms with van der Waals surface area (Å²) in [5.41, 5.74) is 4.21. The van der Waals surface area contributed by atoms with E-state index in [9.17, 15) is 4.79 Å². The molecule has 2 aromatic rings. The fourth-order valence-corrected chi connectivity index (χ4v) is 1.65. The molecule has 0 spiro atoms. The standard InChI is InChI=1S/C14H14N2O3/c1-9-2-5-12(8-13(9)14(17)18)19-11-6-3-10(16-15)4-7-11/h2-8,16H,15H2,1H3,(H,17,18). The molecular weight excluding hydrogens is 244 g/mol. The maximum Gasteiger partial charge on any atom is 0.336 e. The molecule has 2 aromatic carbocycles. The lowest BCUT2D eigenvalue weighted by molar-refractivity contribution is 0.0695. The lowest BCUT2D eigenvalue weighted by Crippen LogP contribution is -2.06. The lowest BCUT2D eigenvalue weighted by atomic mass is 10.1. The van der Waals surface area contributed by atoms with Crippen LogP contribution in [0.3, 0.4) is 0 Å². The van der Waals surface area contributed by atoms with Crippen LogP contribution in [-0.4, -0.2) is 11.1 Å². The van der Waals surface area contributed by atoms with Crippen molar-refractivity contribution in [2.24, 2.45) is 5.84 Å². The minimum atomic E-state index is -0.967. The van der Waals surface area contributed by atoms with Gasteiger partial charge < -0.3 is 15.3 Å². The summed E-state index contributed by atoms with van der Waals surface area (Å²) in [6.45, 7) is 1.74. The molecule has 98 valence electrons. The Kier molecular flexibility index (Phi) is 3.68. The molecule has 4 N–H and O–H groups in total. The first kappa shape index (κ1) is 12.9. The van der Waals surface area contributed by atoms with Gasteiger partial charge in [0.25, 0.3) is 0 Å². The van der Waals surface area contributed by atoms with Crippen molar-refractivity contribution < 1.29 is 14.6 Å². The maximum atomic E-state index is 11.0. The summed E-state index contributed by atoms with van der Waals surface area (Å²) >= 11 is 0. The van der Waals surface area contributed by atoms with Crippen molar-refractivity contribution >= 4 is 11.7 Å².